The molecule has 2 rings (SSSR count). The number of nitrogens with zero attached hydrogens (tertiary/aromatic N) is 1. The molecule has 0 radical (unpaired) electrons. The first kappa shape index (κ1) is 11.0. The molecule has 1 fully saturated rings. The van der Waals surface area contributed by atoms with Crippen molar-refractivity contribution in [2.75, 3.05) is 0 Å². The van der Waals surface area contributed by atoms with Crippen molar-refractivity contribution in [3.63, 3.8) is 0 Å². The summed E-state index contributed by atoms with van der Waals surface area (Å²) in [6.45, 7) is 0. The van der Waals surface area contributed by atoms with E-state index in [2.05, 4.69) is 20.9 Å². The van der Waals surface area contributed by atoms with Crippen LogP contribution in [0, 0.1) is 5.92 Å². The van der Waals surface area contributed by atoms with Crippen molar-refractivity contribution in [1.82, 2.24) is 4.98 Å². The second kappa shape index (κ2) is 3.79. The highest BCUT2D eigenvalue weighted by atomic mass is 79.9. The van der Waals surface area contributed by atoms with Gasteiger partial charge in [0.15, 0.2) is 0 Å². The Bertz CT molecular complexity index is 355. The Morgan fingerprint density at radius 2 is 2.27 bits per heavy atom. The van der Waals surface area contributed by atoms with Gasteiger partial charge in [-0.15, -0.1) is 0 Å². The fraction of sp³-hybridized carbons (Fsp3) is 0.500. The van der Waals surface area contributed by atoms with E-state index in [1.807, 2.05) is 0 Å². The van der Waals surface area contributed by atoms with Crippen LogP contribution in [0.4, 0.5) is 8.78 Å². The van der Waals surface area contributed by atoms with Crippen LogP contribution in [0.1, 0.15) is 24.6 Å². The topological polar surface area (TPSA) is 33.1 Å². The summed E-state index contributed by atoms with van der Waals surface area (Å²) in [6, 6.07) is 3.37. The predicted octanol–water partition coefficient (Wildman–Crippen LogP) is 2.92. The fourth-order valence-corrected chi connectivity index (χ4v) is 1.73. The number of hydrogen-bond acceptors (Lipinski definition) is 2. The zero-order chi connectivity index (χ0) is 11.1. The van der Waals surface area contributed by atoms with Crippen molar-refractivity contribution in [2.24, 2.45) is 5.92 Å². The lowest BCUT2D eigenvalue weighted by atomic mass is 10.1. The number of aromatic nitrogens is 1. The van der Waals surface area contributed by atoms with Crippen LogP contribution in [-0.4, -0.2) is 16.0 Å². The zero-order valence-electron chi connectivity index (χ0n) is 7.83. The average molecular weight is 278 g/mol. The molecule has 1 aliphatic rings. The highest BCUT2D eigenvalue weighted by molar-refractivity contribution is 9.10. The molecule has 15 heavy (non-hydrogen) atoms. The second-order valence-electron chi connectivity index (χ2n) is 3.81. The number of alkyl halides is 2. The van der Waals surface area contributed by atoms with Crippen LogP contribution in [0.15, 0.2) is 22.8 Å². The Hall–Kier alpha value is -0.550. The van der Waals surface area contributed by atoms with E-state index in [1.54, 1.807) is 18.3 Å². The molecule has 2 nitrogen and oxygen atoms in total. The number of aliphatic hydroxyl groups is 1. The molecule has 0 spiro atoms. The van der Waals surface area contributed by atoms with Gasteiger partial charge in [-0.05, 0) is 34.5 Å². The SMILES string of the molecule is OC(CC1CC1(F)F)c1ccc(Br)cn1. The van der Waals surface area contributed by atoms with Crippen molar-refractivity contribution in [3.8, 4) is 0 Å². The molecule has 1 saturated carbocycles. The van der Waals surface area contributed by atoms with E-state index in [0.717, 1.165) is 4.47 Å². The average Bonchev–Trinajstić information content (AvgIpc) is 2.74. The minimum Gasteiger partial charge on any atom is -0.387 e. The summed E-state index contributed by atoms with van der Waals surface area (Å²) in [4.78, 5) is 3.97. The van der Waals surface area contributed by atoms with E-state index in [0.29, 0.717) is 5.69 Å². The molecule has 2 unspecified atom stereocenters. The Morgan fingerprint density at radius 1 is 1.60 bits per heavy atom. The fourth-order valence-electron chi connectivity index (χ4n) is 1.50. The smallest absolute Gasteiger partial charge is 0.251 e. The van der Waals surface area contributed by atoms with Gasteiger partial charge in [0.2, 0.25) is 0 Å². The molecule has 2 atom stereocenters. The van der Waals surface area contributed by atoms with E-state index in [1.165, 1.54) is 0 Å². The summed E-state index contributed by atoms with van der Waals surface area (Å²) in [7, 11) is 0. The van der Waals surface area contributed by atoms with Gasteiger partial charge in [0, 0.05) is 23.0 Å². The van der Waals surface area contributed by atoms with Crippen LogP contribution in [0.2, 0.25) is 0 Å². The first-order valence-electron chi connectivity index (χ1n) is 4.66. The molecule has 0 saturated heterocycles. The second-order valence-corrected chi connectivity index (χ2v) is 4.73. The minimum absolute atomic E-state index is 0.0850. The molecule has 1 aromatic heterocycles. The number of rotatable bonds is 3. The van der Waals surface area contributed by atoms with Crippen molar-refractivity contribution in [1.29, 1.82) is 0 Å². The van der Waals surface area contributed by atoms with E-state index in [9.17, 15) is 13.9 Å². The van der Waals surface area contributed by atoms with Crippen LogP contribution >= 0.6 is 15.9 Å². The maximum absolute atomic E-state index is 12.6. The van der Waals surface area contributed by atoms with Crippen molar-refractivity contribution in [3.05, 3.63) is 28.5 Å². The van der Waals surface area contributed by atoms with Gasteiger partial charge in [-0.2, -0.15) is 0 Å². The van der Waals surface area contributed by atoms with Gasteiger partial charge in [-0.1, -0.05) is 0 Å². The number of hydrogen-bond donors (Lipinski definition) is 1. The van der Waals surface area contributed by atoms with Gasteiger partial charge >= 0.3 is 0 Å². The van der Waals surface area contributed by atoms with E-state index < -0.39 is 17.9 Å². The Labute approximate surface area is 94.5 Å². The van der Waals surface area contributed by atoms with Crippen LogP contribution in [0.3, 0.4) is 0 Å². The van der Waals surface area contributed by atoms with Crippen molar-refractivity contribution in [2.45, 2.75) is 24.9 Å². The molecule has 1 N–H and O–H groups in total. The molecule has 82 valence electrons. The minimum atomic E-state index is -2.57. The molecule has 0 aromatic carbocycles. The summed E-state index contributed by atoms with van der Waals surface area (Å²) in [6.07, 6.45) is 0.628. The number of pyridine rings is 1. The summed E-state index contributed by atoms with van der Waals surface area (Å²) in [5.41, 5.74) is 0.445. The first-order chi connectivity index (χ1) is 6.99. The normalized spacial score (nSPS) is 24.9. The number of halogens is 3. The molecule has 1 heterocycles. The highest BCUT2D eigenvalue weighted by Crippen LogP contribution is 2.52. The van der Waals surface area contributed by atoms with Gasteiger partial charge in [0.05, 0.1) is 11.8 Å². The van der Waals surface area contributed by atoms with E-state index >= 15 is 0 Å². The maximum Gasteiger partial charge on any atom is 0.251 e. The molecule has 1 aliphatic carbocycles. The van der Waals surface area contributed by atoms with Crippen molar-refractivity contribution < 1.29 is 13.9 Å². The number of aliphatic hydroxyl groups excluding tert-OH is 1. The predicted molar refractivity (Wildman–Crippen MR) is 54.6 cm³/mol. The Morgan fingerprint density at radius 3 is 2.73 bits per heavy atom. The Balaban J connectivity index is 1.97. The first-order valence-corrected chi connectivity index (χ1v) is 5.45. The quantitative estimate of drug-likeness (QED) is 0.922. The zero-order valence-corrected chi connectivity index (χ0v) is 9.42. The summed E-state index contributed by atoms with van der Waals surface area (Å²) >= 11 is 3.21. The third-order valence-electron chi connectivity index (χ3n) is 2.56. The third kappa shape index (κ3) is 2.52. The largest absolute Gasteiger partial charge is 0.387 e. The van der Waals surface area contributed by atoms with Crippen molar-refractivity contribution >= 4 is 15.9 Å². The lowest BCUT2D eigenvalue weighted by molar-refractivity contribution is 0.0758. The maximum atomic E-state index is 12.6. The summed E-state index contributed by atoms with van der Waals surface area (Å²) in [5, 5.41) is 9.64. The standard InChI is InChI=1S/C10H10BrF2NO/c11-7-1-2-8(14-5-7)9(15)3-6-4-10(6,12)13/h1-2,5-6,9,15H,3-4H2. The summed E-state index contributed by atoms with van der Waals surface area (Å²) in [5.74, 6) is -3.26. The lowest BCUT2D eigenvalue weighted by Gasteiger charge is -2.09. The molecule has 0 amide bonds. The molecular weight excluding hydrogens is 268 g/mol. The molecule has 1 aromatic rings. The van der Waals surface area contributed by atoms with Gasteiger partial charge in [-0.3, -0.25) is 4.98 Å². The van der Waals surface area contributed by atoms with Crippen LogP contribution in [0.5, 0.6) is 0 Å². The van der Waals surface area contributed by atoms with Gasteiger partial charge in [0.25, 0.3) is 5.92 Å². The lowest BCUT2D eigenvalue weighted by Crippen LogP contribution is -2.04. The van der Waals surface area contributed by atoms with E-state index in [-0.39, 0.29) is 12.8 Å². The van der Waals surface area contributed by atoms with Gasteiger partial charge in [0.1, 0.15) is 0 Å². The van der Waals surface area contributed by atoms with Gasteiger partial charge < -0.3 is 5.11 Å². The highest BCUT2D eigenvalue weighted by Gasteiger charge is 2.57. The molecule has 5 heteroatoms. The van der Waals surface area contributed by atoms with Crippen LogP contribution < -0.4 is 0 Å². The van der Waals surface area contributed by atoms with Crippen LogP contribution in [0.25, 0.3) is 0 Å². The molecule has 0 aliphatic heterocycles. The third-order valence-corrected chi connectivity index (χ3v) is 3.02. The van der Waals surface area contributed by atoms with Crippen LogP contribution in [-0.2, 0) is 0 Å². The monoisotopic (exact) mass is 277 g/mol. The van der Waals surface area contributed by atoms with E-state index in [4.69, 9.17) is 0 Å². The molecular formula is C10H10BrF2NO. The Kier molecular flexibility index (Phi) is 2.77. The van der Waals surface area contributed by atoms with Gasteiger partial charge in [-0.25, -0.2) is 8.78 Å². The molecule has 0 bridgehead atoms. The summed E-state index contributed by atoms with van der Waals surface area (Å²) < 4.78 is 26.0.